The van der Waals surface area contributed by atoms with Crippen molar-refractivity contribution in [1.82, 2.24) is 0 Å². The molecule has 0 spiro atoms. The average Bonchev–Trinajstić information content (AvgIpc) is 2.16. The average molecular weight is 220 g/mol. The highest BCUT2D eigenvalue weighted by Crippen LogP contribution is 2.05. The van der Waals surface area contributed by atoms with Crippen LogP contribution in [0.4, 0.5) is 0 Å². The second kappa shape index (κ2) is 7.19. The zero-order valence-electron chi connectivity index (χ0n) is 8.80. The van der Waals surface area contributed by atoms with Gasteiger partial charge in [0, 0.05) is 6.42 Å². The third-order valence-corrected chi connectivity index (χ3v) is 1.68. The van der Waals surface area contributed by atoms with Gasteiger partial charge in [0.15, 0.2) is 6.10 Å². The van der Waals surface area contributed by atoms with Crippen LogP contribution in [0.3, 0.4) is 0 Å². The number of rotatable bonds is 6. The molecule has 0 saturated carbocycles. The monoisotopic (exact) mass is 220 g/mol. The molecule has 0 rings (SSSR count). The lowest BCUT2D eigenvalue weighted by Gasteiger charge is -2.13. The van der Waals surface area contributed by atoms with Crippen LogP contribution >= 0.6 is 0 Å². The van der Waals surface area contributed by atoms with Gasteiger partial charge in [0.2, 0.25) is 0 Å². The third-order valence-electron chi connectivity index (χ3n) is 1.68. The molecule has 88 valence electrons. The minimum atomic E-state index is -1.42. The highest BCUT2D eigenvalue weighted by atomic mass is 16.5. The van der Waals surface area contributed by atoms with Crippen LogP contribution in [-0.2, 0) is 19.1 Å². The fraction of sp³-hybridized carbons (Fsp3) is 0.778. The Morgan fingerprint density at radius 3 is 2.40 bits per heavy atom. The third kappa shape index (κ3) is 6.03. The molecule has 0 aromatic rings. The summed E-state index contributed by atoms with van der Waals surface area (Å²) >= 11 is 0. The predicted octanol–water partition coefficient (Wildman–Crippen LogP) is -0.776. The lowest BCUT2D eigenvalue weighted by Crippen LogP contribution is -2.28. The second-order valence-electron chi connectivity index (χ2n) is 2.94. The molecule has 2 unspecified atom stereocenters. The van der Waals surface area contributed by atoms with Crippen LogP contribution in [0.25, 0.3) is 0 Å². The van der Waals surface area contributed by atoms with Gasteiger partial charge in [-0.2, -0.15) is 0 Å². The van der Waals surface area contributed by atoms with E-state index in [2.05, 4.69) is 9.47 Å². The molecule has 15 heavy (non-hydrogen) atoms. The van der Waals surface area contributed by atoms with Crippen molar-refractivity contribution in [2.75, 3.05) is 13.7 Å². The molecule has 6 nitrogen and oxygen atoms in total. The van der Waals surface area contributed by atoms with Crippen LogP contribution in [0.5, 0.6) is 0 Å². The zero-order chi connectivity index (χ0) is 11.8. The zero-order valence-corrected chi connectivity index (χ0v) is 8.80. The molecule has 0 aromatic carbocycles. The van der Waals surface area contributed by atoms with Crippen molar-refractivity contribution >= 4 is 11.9 Å². The van der Waals surface area contributed by atoms with Gasteiger partial charge in [-0.3, -0.25) is 4.79 Å². The number of hydrogen-bond acceptors (Lipinski definition) is 6. The number of carbonyl (C=O) groups is 2. The van der Waals surface area contributed by atoms with E-state index in [-0.39, 0.29) is 19.4 Å². The van der Waals surface area contributed by atoms with Gasteiger partial charge in [-0.05, 0) is 6.92 Å². The van der Waals surface area contributed by atoms with Gasteiger partial charge in [0.05, 0.1) is 26.2 Å². The van der Waals surface area contributed by atoms with Gasteiger partial charge in [-0.25, -0.2) is 4.79 Å². The highest BCUT2D eigenvalue weighted by molar-refractivity contribution is 5.74. The van der Waals surface area contributed by atoms with Crippen molar-refractivity contribution in [2.24, 2.45) is 0 Å². The normalized spacial score (nSPS) is 14.1. The van der Waals surface area contributed by atoms with Crippen LogP contribution in [0.15, 0.2) is 0 Å². The molecular weight excluding hydrogens is 204 g/mol. The highest BCUT2D eigenvalue weighted by Gasteiger charge is 2.21. The number of ether oxygens (including phenoxy) is 2. The van der Waals surface area contributed by atoms with E-state index in [1.807, 2.05) is 0 Å². The fourth-order valence-corrected chi connectivity index (χ4v) is 0.986. The van der Waals surface area contributed by atoms with E-state index in [9.17, 15) is 14.7 Å². The summed E-state index contributed by atoms with van der Waals surface area (Å²) in [6.07, 6.45) is -3.02. The molecule has 0 aliphatic rings. The SMILES string of the molecule is CCOC(=O)CC(O)CC(O)C(=O)OC. The van der Waals surface area contributed by atoms with Crippen molar-refractivity contribution in [3.63, 3.8) is 0 Å². The quantitative estimate of drug-likeness (QED) is 0.571. The van der Waals surface area contributed by atoms with E-state index in [4.69, 9.17) is 5.11 Å². The standard InChI is InChI=1S/C9H16O6/c1-3-15-8(12)5-6(10)4-7(11)9(13)14-2/h6-7,10-11H,3-5H2,1-2H3. The van der Waals surface area contributed by atoms with Crippen molar-refractivity contribution in [3.8, 4) is 0 Å². The summed E-state index contributed by atoms with van der Waals surface area (Å²) in [4.78, 5) is 21.7. The molecule has 2 N–H and O–H groups in total. The van der Waals surface area contributed by atoms with Gasteiger partial charge in [-0.1, -0.05) is 0 Å². The Morgan fingerprint density at radius 1 is 1.33 bits per heavy atom. The maximum absolute atomic E-state index is 10.9. The van der Waals surface area contributed by atoms with Gasteiger partial charge in [0.1, 0.15) is 0 Å². The summed E-state index contributed by atoms with van der Waals surface area (Å²) < 4.78 is 8.83. The number of esters is 2. The predicted molar refractivity (Wildman–Crippen MR) is 49.9 cm³/mol. The Balaban J connectivity index is 3.87. The first-order valence-corrected chi connectivity index (χ1v) is 4.60. The molecule has 0 fully saturated rings. The molecule has 0 aromatic heterocycles. The van der Waals surface area contributed by atoms with Gasteiger partial charge < -0.3 is 19.7 Å². The smallest absolute Gasteiger partial charge is 0.334 e. The van der Waals surface area contributed by atoms with Crippen LogP contribution in [0.2, 0.25) is 0 Å². The largest absolute Gasteiger partial charge is 0.467 e. The first-order chi connectivity index (χ1) is 7.01. The lowest BCUT2D eigenvalue weighted by molar-refractivity contribution is -0.154. The minimum Gasteiger partial charge on any atom is -0.467 e. The van der Waals surface area contributed by atoms with Gasteiger partial charge in [0.25, 0.3) is 0 Å². The molecule has 0 aliphatic heterocycles. The number of aliphatic hydroxyl groups is 2. The molecule has 2 atom stereocenters. The molecule has 0 aliphatic carbocycles. The van der Waals surface area contributed by atoms with Gasteiger partial charge in [-0.15, -0.1) is 0 Å². The second-order valence-corrected chi connectivity index (χ2v) is 2.94. The molecule has 6 heteroatoms. The molecule has 0 amide bonds. The lowest BCUT2D eigenvalue weighted by atomic mass is 10.1. The number of aliphatic hydroxyl groups excluding tert-OH is 2. The van der Waals surface area contributed by atoms with Crippen LogP contribution in [0.1, 0.15) is 19.8 Å². The van der Waals surface area contributed by atoms with Crippen molar-refractivity contribution < 1.29 is 29.3 Å². The van der Waals surface area contributed by atoms with E-state index < -0.39 is 24.1 Å². The maximum atomic E-state index is 10.9. The minimum absolute atomic E-state index is 0.227. The summed E-state index contributed by atoms with van der Waals surface area (Å²) in [5, 5.41) is 18.4. The summed E-state index contributed by atoms with van der Waals surface area (Å²) in [6.45, 7) is 1.87. The molecule has 0 saturated heterocycles. The van der Waals surface area contributed by atoms with E-state index >= 15 is 0 Å². The Morgan fingerprint density at radius 2 is 1.93 bits per heavy atom. The van der Waals surface area contributed by atoms with Crippen molar-refractivity contribution in [2.45, 2.75) is 32.0 Å². The summed E-state index contributed by atoms with van der Waals surface area (Å²) in [7, 11) is 1.13. The number of carbonyl (C=O) groups excluding carboxylic acids is 2. The van der Waals surface area contributed by atoms with E-state index in [0.717, 1.165) is 7.11 Å². The van der Waals surface area contributed by atoms with Crippen LogP contribution in [0, 0.1) is 0 Å². The Kier molecular flexibility index (Phi) is 6.64. The topological polar surface area (TPSA) is 93.1 Å². The Bertz CT molecular complexity index is 215. The molecule has 0 radical (unpaired) electrons. The molecular formula is C9H16O6. The van der Waals surface area contributed by atoms with Crippen LogP contribution < -0.4 is 0 Å². The van der Waals surface area contributed by atoms with Crippen molar-refractivity contribution in [1.29, 1.82) is 0 Å². The number of methoxy groups -OCH3 is 1. The van der Waals surface area contributed by atoms with E-state index in [0.29, 0.717) is 0 Å². The van der Waals surface area contributed by atoms with Crippen molar-refractivity contribution in [3.05, 3.63) is 0 Å². The summed E-state index contributed by atoms with van der Waals surface area (Å²) in [6, 6.07) is 0. The molecule has 0 bridgehead atoms. The summed E-state index contributed by atoms with van der Waals surface area (Å²) in [5.74, 6) is -1.40. The molecule has 0 heterocycles. The number of hydrogen-bond donors (Lipinski definition) is 2. The first kappa shape index (κ1) is 13.9. The van der Waals surface area contributed by atoms with Crippen LogP contribution in [-0.4, -0.2) is 48.1 Å². The maximum Gasteiger partial charge on any atom is 0.334 e. The Labute approximate surface area is 87.8 Å². The van der Waals surface area contributed by atoms with E-state index in [1.165, 1.54) is 0 Å². The fourth-order valence-electron chi connectivity index (χ4n) is 0.986. The Hall–Kier alpha value is -1.14. The first-order valence-electron chi connectivity index (χ1n) is 4.60. The van der Waals surface area contributed by atoms with E-state index in [1.54, 1.807) is 6.92 Å². The van der Waals surface area contributed by atoms with Gasteiger partial charge >= 0.3 is 11.9 Å². The summed E-state index contributed by atoms with van der Waals surface area (Å²) in [5.41, 5.74) is 0.